The van der Waals surface area contributed by atoms with Crippen LogP contribution in [-0.2, 0) is 0 Å². The van der Waals surface area contributed by atoms with E-state index in [1.165, 1.54) is 25.7 Å². The van der Waals surface area contributed by atoms with Crippen molar-refractivity contribution in [1.82, 2.24) is 5.32 Å². The Bertz CT molecular complexity index is 181. The third-order valence-electron chi connectivity index (χ3n) is 3.90. The van der Waals surface area contributed by atoms with Crippen molar-refractivity contribution < 1.29 is 10.2 Å². The van der Waals surface area contributed by atoms with E-state index in [0.717, 1.165) is 12.3 Å². The summed E-state index contributed by atoms with van der Waals surface area (Å²) in [6, 6.07) is 0.267. The average molecular weight is 229 g/mol. The standard InChI is InChI=1S/C13H27NO2/c1-10(9-15)11(2)14-8-13(16)7-12-5-3-4-6-12/h10-16H,3-9H2,1-2H3. The summed E-state index contributed by atoms with van der Waals surface area (Å²) >= 11 is 0. The fourth-order valence-corrected chi connectivity index (χ4v) is 2.40. The largest absolute Gasteiger partial charge is 0.396 e. The van der Waals surface area contributed by atoms with Gasteiger partial charge in [0.2, 0.25) is 0 Å². The van der Waals surface area contributed by atoms with Gasteiger partial charge in [-0.1, -0.05) is 32.6 Å². The Morgan fingerprint density at radius 2 is 1.88 bits per heavy atom. The van der Waals surface area contributed by atoms with Crippen molar-refractivity contribution in [2.75, 3.05) is 13.2 Å². The quantitative estimate of drug-likeness (QED) is 0.620. The molecule has 0 aromatic rings. The molecule has 0 aromatic carbocycles. The number of aliphatic hydroxyl groups excluding tert-OH is 2. The highest BCUT2D eigenvalue weighted by Gasteiger charge is 2.19. The van der Waals surface area contributed by atoms with Crippen molar-refractivity contribution in [2.45, 2.75) is 58.1 Å². The molecule has 0 amide bonds. The molecule has 1 rings (SSSR count). The lowest BCUT2D eigenvalue weighted by molar-refractivity contribution is 0.129. The Morgan fingerprint density at radius 3 is 2.44 bits per heavy atom. The molecule has 3 nitrogen and oxygen atoms in total. The molecule has 1 aliphatic rings. The summed E-state index contributed by atoms with van der Waals surface area (Å²) in [6.45, 7) is 4.93. The number of rotatable bonds is 7. The highest BCUT2D eigenvalue weighted by Crippen LogP contribution is 2.28. The van der Waals surface area contributed by atoms with E-state index in [1.807, 2.05) is 6.92 Å². The van der Waals surface area contributed by atoms with E-state index in [-0.39, 0.29) is 24.7 Å². The number of hydrogen-bond acceptors (Lipinski definition) is 3. The molecule has 0 spiro atoms. The second-order valence-electron chi connectivity index (χ2n) is 5.40. The van der Waals surface area contributed by atoms with Gasteiger partial charge < -0.3 is 15.5 Å². The topological polar surface area (TPSA) is 52.5 Å². The summed E-state index contributed by atoms with van der Waals surface area (Å²) in [5, 5.41) is 22.2. The molecule has 0 saturated heterocycles. The molecule has 16 heavy (non-hydrogen) atoms. The average Bonchev–Trinajstić information content (AvgIpc) is 2.77. The van der Waals surface area contributed by atoms with Gasteiger partial charge in [-0.15, -0.1) is 0 Å². The zero-order valence-electron chi connectivity index (χ0n) is 10.7. The number of hydrogen-bond donors (Lipinski definition) is 3. The van der Waals surface area contributed by atoms with E-state index in [1.54, 1.807) is 0 Å². The molecule has 3 unspecified atom stereocenters. The van der Waals surface area contributed by atoms with Crippen LogP contribution in [0.5, 0.6) is 0 Å². The molecule has 1 fully saturated rings. The van der Waals surface area contributed by atoms with Gasteiger partial charge in [0.05, 0.1) is 6.10 Å². The van der Waals surface area contributed by atoms with Gasteiger partial charge in [-0.25, -0.2) is 0 Å². The molecule has 3 N–H and O–H groups in total. The van der Waals surface area contributed by atoms with Crippen molar-refractivity contribution in [2.24, 2.45) is 11.8 Å². The Hall–Kier alpha value is -0.120. The minimum Gasteiger partial charge on any atom is -0.396 e. The molecule has 0 heterocycles. The van der Waals surface area contributed by atoms with Crippen LogP contribution in [0, 0.1) is 11.8 Å². The van der Waals surface area contributed by atoms with Crippen LogP contribution in [0.25, 0.3) is 0 Å². The summed E-state index contributed by atoms with van der Waals surface area (Å²) in [5.74, 6) is 0.987. The maximum Gasteiger partial charge on any atom is 0.0667 e. The Labute approximate surface area is 99.3 Å². The van der Waals surface area contributed by atoms with Gasteiger partial charge in [-0.3, -0.25) is 0 Å². The van der Waals surface area contributed by atoms with E-state index < -0.39 is 0 Å². The maximum absolute atomic E-state index is 9.89. The van der Waals surface area contributed by atoms with Gasteiger partial charge in [-0.2, -0.15) is 0 Å². The Morgan fingerprint density at radius 1 is 1.25 bits per heavy atom. The van der Waals surface area contributed by atoms with Crippen LogP contribution in [0.1, 0.15) is 46.0 Å². The summed E-state index contributed by atoms with van der Waals surface area (Å²) in [4.78, 5) is 0. The summed E-state index contributed by atoms with van der Waals surface area (Å²) in [6.07, 6.45) is 5.97. The molecule has 3 heteroatoms. The molecule has 3 atom stereocenters. The van der Waals surface area contributed by atoms with Crippen molar-refractivity contribution in [3.05, 3.63) is 0 Å². The van der Waals surface area contributed by atoms with Gasteiger partial charge in [0.25, 0.3) is 0 Å². The number of aliphatic hydroxyl groups is 2. The molecular weight excluding hydrogens is 202 g/mol. The van der Waals surface area contributed by atoms with Crippen LogP contribution in [-0.4, -0.2) is 35.5 Å². The van der Waals surface area contributed by atoms with Crippen LogP contribution in [0.2, 0.25) is 0 Å². The second kappa shape index (κ2) is 7.25. The molecule has 96 valence electrons. The molecule has 1 saturated carbocycles. The first-order valence-electron chi connectivity index (χ1n) is 6.65. The Balaban J connectivity index is 2.11. The minimum atomic E-state index is -0.226. The maximum atomic E-state index is 9.89. The van der Waals surface area contributed by atoms with Crippen molar-refractivity contribution in [3.8, 4) is 0 Å². The van der Waals surface area contributed by atoms with E-state index >= 15 is 0 Å². The lowest BCUT2D eigenvalue weighted by atomic mass is 9.99. The fourth-order valence-electron chi connectivity index (χ4n) is 2.40. The highest BCUT2D eigenvalue weighted by atomic mass is 16.3. The van der Waals surface area contributed by atoms with E-state index in [2.05, 4.69) is 12.2 Å². The van der Waals surface area contributed by atoms with Gasteiger partial charge in [-0.05, 0) is 25.2 Å². The monoisotopic (exact) mass is 229 g/mol. The highest BCUT2D eigenvalue weighted by molar-refractivity contribution is 4.74. The summed E-state index contributed by atoms with van der Waals surface area (Å²) in [5.41, 5.74) is 0. The van der Waals surface area contributed by atoms with Crippen molar-refractivity contribution >= 4 is 0 Å². The van der Waals surface area contributed by atoms with Crippen LogP contribution in [0.3, 0.4) is 0 Å². The number of nitrogens with one attached hydrogen (secondary N) is 1. The lowest BCUT2D eigenvalue weighted by Crippen LogP contribution is -2.39. The van der Waals surface area contributed by atoms with Crippen LogP contribution < -0.4 is 5.32 Å². The molecule has 0 radical (unpaired) electrons. The van der Waals surface area contributed by atoms with Crippen LogP contribution >= 0.6 is 0 Å². The Kier molecular flexibility index (Phi) is 6.32. The van der Waals surface area contributed by atoms with Crippen LogP contribution in [0.4, 0.5) is 0 Å². The van der Waals surface area contributed by atoms with Crippen LogP contribution in [0.15, 0.2) is 0 Å². The SMILES string of the molecule is CC(CO)C(C)NCC(O)CC1CCCC1. The predicted octanol–water partition coefficient (Wildman–Crippen LogP) is 1.53. The third-order valence-corrected chi connectivity index (χ3v) is 3.90. The first-order chi connectivity index (χ1) is 7.63. The zero-order chi connectivity index (χ0) is 12.0. The van der Waals surface area contributed by atoms with Gasteiger partial charge in [0.15, 0.2) is 0 Å². The molecule has 0 aromatic heterocycles. The summed E-state index contributed by atoms with van der Waals surface area (Å²) in [7, 11) is 0. The van der Waals surface area contributed by atoms with Crippen molar-refractivity contribution in [1.29, 1.82) is 0 Å². The van der Waals surface area contributed by atoms with E-state index in [9.17, 15) is 5.11 Å². The van der Waals surface area contributed by atoms with E-state index in [4.69, 9.17) is 5.11 Å². The van der Waals surface area contributed by atoms with Gasteiger partial charge in [0, 0.05) is 19.2 Å². The molecule has 0 aliphatic heterocycles. The zero-order valence-corrected chi connectivity index (χ0v) is 10.7. The van der Waals surface area contributed by atoms with Gasteiger partial charge >= 0.3 is 0 Å². The lowest BCUT2D eigenvalue weighted by Gasteiger charge is -2.22. The van der Waals surface area contributed by atoms with E-state index in [0.29, 0.717) is 6.54 Å². The molecule has 1 aliphatic carbocycles. The van der Waals surface area contributed by atoms with Crippen molar-refractivity contribution in [3.63, 3.8) is 0 Å². The molecule has 0 bridgehead atoms. The normalized spacial score (nSPS) is 23.2. The third kappa shape index (κ3) is 4.81. The first kappa shape index (κ1) is 13.9. The summed E-state index contributed by atoms with van der Waals surface area (Å²) < 4.78 is 0. The smallest absolute Gasteiger partial charge is 0.0667 e. The van der Waals surface area contributed by atoms with Gasteiger partial charge in [0.1, 0.15) is 0 Å². The minimum absolute atomic E-state index is 0.201. The fraction of sp³-hybridized carbons (Fsp3) is 1.00. The first-order valence-corrected chi connectivity index (χ1v) is 6.65. The predicted molar refractivity (Wildman–Crippen MR) is 66.3 cm³/mol. The molecular formula is C13H27NO2. The second-order valence-corrected chi connectivity index (χ2v) is 5.40.